The number of benzene rings is 2. The van der Waals surface area contributed by atoms with Crippen molar-refractivity contribution in [3.05, 3.63) is 65.3 Å². The molecule has 4 aromatic rings. The fraction of sp³-hybridized carbons (Fsp3) is 0.105. The SMILES string of the molecule is C[C@@H](Nc1nc(C#N)nc2ccsc12)c1cccc2ccccc12. The molecule has 0 unspecified atom stereocenters. The van der Waals surface area contributed by atoms with Crippen molar-refractivity contribution in [3.8, 4) is 6.07 Å². The number of nitrogens with one attached hydrogen (secondary N) is 1. The molecule has 0 saturated heterocycles. The highest BCUT2D eigenvalue weighted by Crippen LogP contribution is 2.31. The van der Waals surface area contributed by atoms with Gasteiger partial charge in [0.25, 0.3) is 0 Å². The van der Waals surface area contributed by atoms with Crippen molar-refractivity contribution in [3.63, 3.8) is 0 Å². The lowest BCUT2D eigenvalue weighted by atomic mass is 10.00. The van der Waals surface area contributed by atoms with Gasteiger partial charge in [0.1, 0.15) is 11.9 Å². The molecule has 116 valence electrons. The number of hydrogen-bond acceptors (Lipinski definition) is 5. The Balaban J connectivity index is 1.78. The van der Waals surface area contributed by atoms with E-state index in [2.05, 4.69) is 58.6 Å². The van der Waals surface area contributed by atoms with Crippen molar-refractivity contribution in [1.29, 1.82) is 5.26 Å². The van der Waals surface area contributed by atoms with Crippen LogP contribution in [0.15, 0.2) is 53.9 Å². The van der Waals surface area contributed by atoms with Crippen LogP contribution >= 0.6 is 11.3 Å². The molecule has 0 amide bonds. The van der Waals surface area contributed by atoms with E-state index in [4.69, 9.17) is 5.26 Å². The van der Waals surface area contributed by atoms with Gasteiger partial charge in [0.2, 0.25) is 5.82 Å². The molecule has 0 aliphatic carbocycles. The highest BCUT2D eigenvalue weighted by atomic mass is 32.1. The van der Waals surface area contributed by atoms with Crippen LogP contribution in [-0.2, 0) is 0 Å². The van der Waals surface area contributed by atoms with E-state index in [1.807, 2.05) is 23.6 Å². The van der Waals surface area contributed by atoms with E-state index in [-0.39, 0.29) is 11.9 Å². The molecule has 0 bridgehead atoms. The van der Waals surface area contributed by atoms with Gasteiger partial charge in [0.15, 0.2) is 0 Å². The first-order chi connectivity index (χ1) is 11.8. The number of aromatic nitrogens is 2. The van der Waals surface area contributed by atoms with Crippen LogP contribution in [0.5, 0.6) is 0 Å². The summed E-state index contributed by atoms with van der Waals surface area (Å²) in [5.41, 5.74) is 2.01. The molecular formula is C19H14N4S. The van der Waals surface area contributed by atoms with Crippen LogP contribution in [0.4, 0.5) is 5.82 Å². The van der Waals surface area contributed by atoms with E-state index in [1.165, 1.54) is 16.3 Å². The summed E-state index contributed by atoms with van der Waals surface area (Å²) in [6.45, 7) is 2.11. The Kier molecular flexibility index (Phi) is 3.60. The summed E-state index contributed by atoms with van der Waals surface area (Å²) < 4.78 is 0.973. The fourth-order valence-corrected chi connectivity index (χ4v) is 3.71. The Morgan fingerprint density at radius 1 is 1.08 bits per heavy atom. The molecule has 1 atom stereocenters. The molecule has 0 fully saturated rings. The molecule has 2 aromatic carbocycles. The standard InChI is InChI=1S/C19H14N4S/c1-12(14-8-4-6-13-5-2-3-7-15(13)14)21-19-18-16(9-10-24-18)22-17(11-20)23-19/h2-10,12H,1H3,(H,21,22,23)/t12-/m1/s1. The minimum absolute atomic E-state index is 0.0582. The normalized spacial score (nSPS) is 12.2. The molecule has 1 N–H and O–H groups in total. The Morgan fingerprint density at radius 2 is 1.92 bits per heavy atom. The van der Waals surface area contributed by atoms with Crippen LogP contribution in [0.3, 0.4) is 0 Å². The number of nitrogens with zero attached hydrogens (tertiary/aromatic N) is 3. The van der Waals surface area contributed by atoms with E-state index in [0.717, 1.165) is 10.2 Å². The van der Waals surface area contributed by atoms with Gasteiger partial charge in [-0.05, 0) is 34.7 Å². The van der Waals surface area contributed by atoms with E-state index in [0.29, 0.717) is 5.82 Å². The number of thiophene rings is 1. The summed E-state index contributed by atoms with van der Waals surface area (Å²) in [6, 6.07) is 18.6. The molecule has 24 heavy (non-hydrogen) atoms. The lowest BCUT2D eigenvalue weighted by Crippen LogP contribution is -2.09. The van der Waals surface area contributed by atoms with Gasteiger partial charge in [-0.25, -0.2) is 9.97 Å². The summed E-state index contributed by atoms with van der Waals surface area (Å²) in [4.78, 5) is 8.61. The minimum atomic E-state index is 0.0582. The second kappa shape index (κ2) is 5.91. The van der Waals surface area contributed by atoms with Gasteiger partial charge in [0, 0.05) is 0 Å². The van der Waals surface area contributed by atoms with Gasteiger partial charge in [-0.15, -0.1) is 11.3 Å². The molecule has 4 rings (SSSR count). The zero-order chi connectivity index (χ0) is 16.5. The Hall–Kier alpha value is -2.97. The summed E-state index contributed by atoms with van der Waals surface area (Å²) in [5, 5.41) is 17.0. The predicted octanol–water partition coefficient (Wildman–Crippen LogP) is 4.89. The maximum absolute atomic E-state index is 9.15. The predicted molar refractivity (Wildman–Crippen MR) is 98.1 cm³/mol. The first-order valence-electron chi connectivity index (χ1n) is 7.66. The summed E-state index contributed by atoms with van der Waals surface area (Å²) in [7, 11) is 0. The molecular weight excluding hydrogens is 316 g/mol. The third-order valence-electron chi connectivity index (χ3n) is 4.05. The maximum atomic E-state index is 9.15. The third kappa shape index (κ3) is 2.47. The average Bonchev–Trinajstić information content (AvgIpc) is 3.10. The minimum Gasteiger partial charge on any atom is -0.362 e. The van der Waals surface area contributed by atoms with Gasteiger partial charge in [0.05, 0.1) is 16.3 Å². The monoisotopic (exact) mass is 330 g/mol. The van der Waals surface area contributed by atoms with Gasteiger partial charge in [-0.1, -0.05) is 42.5 Å². The van der Waals surface area contributed by atoms with Crippen LogP contribution in [0, 0.1) is 11.3 Å². The second-order valence-corrected chi connectivity index (χ2v) is 6.49. The maximum Gasteiger partial charge on any atom is 0.234 e. The van der Waals surface area contributed by atoms with Crippen molar-refractivity contribution < 1.29 is 0 Å². The van der Waals surface area contributed by atoms with Gasteiger partial charge in [-0.3, -0.25) is 0 Å². The smallest absolute Gasteiger partial charge is 0.234 e. The molecule has 0 saturated carbocycles. The highest BCUT2D eigenvalue weighted by Gasteiger charge is 2.14. The molecule has 0 radical (unpaired) electrons. The van der Waals surface area contributed by atoms with Crippen LogP contribution in [0.2, 0.25) is 0 Å². The molecule has 0 spiro atoms. The summed E-state index contributed by atoms with van der Waals surface area (Å²) in [5.74, 6) is 0.903. The lowest BCUT2D eigenvalue weighted by Gasteiger charge is -2.17. The zero-order valence-corrected chi connectivity index (χ0v) is 13.8. The van der Waals surface area contributed by atoms with Crippen molar-refractivity contribution >= 4 is 38.1 Å². The van der Waals surface area contributed by atoms with Crippen molar-refractivity contribution in [1.82, 2.24) is 9.97 Å². The highest BCUT2D eigenvalue weighted by molar-refractivity contribution is 7.17. The largest absolute Gasteiger partial charge is 0.362 e. The molecule has 5 heteroatoms. The molecule has 2 aromatic heterocycles. The number of nitriles is 1. The van der Waals surface area contributed by atoms with E-state index < -0.39 is 0 Å². The molecule has 4 nitrogen and oxygen atoms in total. The summed E-state index contributed by atoms with van der Waals surface area (Å²) in [6.07, 6.45) is 0. The van der Waals surface area contributed by atoms with Gasteiger partial charge >= 0.3 is 0 Å². The van der Waals surface area contributed by atoms with Crippen molar-refractivity contribution in [2.75, 3.05) is 5.32 Å². The van der Waals surface area contributed by atoms with E-state index in [1.54, 1.807) is 11.3 Å². The van der Waals surface area contributed by atoms with Crippen LogP contribution in [0.25, 0.3) is 21.0 Å². The molecule has 2 heterocycles. The van der Waals surface area contributed by atoms with Gasteiger partial charge in [-0.2, -0.15) is 5.26 Å². The van der Waals surface area contributed by atoms with Crippen LogP contribution < -0.4 is 5.32 Å². The lowest BCUT2D eigenvalue weighted by molar-refractivity contribution is 0.884. The summed E-state index contributed by atoms with van der Waals surface area (Å²) >= 11 is 1.58. The second-order valence-electron chi connectivity index (χ2n) is 5.58. The number of anilines is 1. The van der Waals surface area contributed by atoms with Crippen molar-refractivity contribution in [2.45, 2.75) is 13.0 Å². The Bertz CT molecular complexity index is 1070. The van der Waals surface area contributed by atoms with Crippen LogP contribution in [0.1, 0.15) is 24.4 Å². The number of fused-ring (bicyclic) bond motifs is 2. The Labute approximate surface area is 143 Å². The topological polar surface area (TPSA) is 61.6 Å². The van der Waals surface area contributed by atoms with Crippen LogP contribution in [-0.4, -0.2) is 9.97 Å². The van der Waals surface area contributed by atoms with E-state index in [9.17, 15) is 0 Å². The van der Waals surface area contributed by atoms with Gasteiger partial charge < -0.3 is 5.32 Å². The molecule has 0 aliphatic rings. The average molecular weight is 330 g/mol. The van der Waals surface area contributed by atoms with Crippen molar-refractivity contribution in [2.24, 2.45) is 0 Å². The molecule has 0 aliphatic heterocycles. The first-order valence-corrected chi connectivity index (χ1v) is 8.54. The third-order valence-corrected chi connectivity index (χ3v) is 4.96. The zero-order valence-electron chi connectivity index (χ0n) is 13.0. The Morgan fingerprint density at radius 3 is 2.79 bits per heavy atom. The number of rotatable bonds is 3. The fourth-order valence-electron chi connectivity index (χ4n) is 2.92. The van der Waals surface area contributed by atoms with E-state index >= 15 is 0 Å². The number of hydrogen-bond donors (Lipinski definition) is 1. The first kappa shape index (κ1) is 14.6. The quantitative estimate of drug-likeness (QED) is 0.581.